The molecule has 112 valence electrons. The second kappa shape index (κ2) is 5.68. The predicted octanol–water partition coefficient (Wildman–Crippen LogP) is 4.32. The highest BCUT2D eigenvalue weighted by Crippen LogP contribution is 2.34. The smallest absolute Gasteiger partial charge is 0.273 e. The van der Waals surface area contributed by atoms with Crippen LogP contribution in [0, 0.1) is 24.0 Å². The van der Waals surface area contributed by atoms with Crippen LogP contribution >= 0.6 is 0 Å². The van der Waals surface area contributed by atoms with Crippen LogP contribution in [0.3, 0.4) is 0 Å². The Balaban J connectivity index is 2.84. The molecule has 0 radical (unpaired) electrons. The number of nitrogens with zero attached hydrogens (tertiary/aromatic N) is 2. The van der Waals surface area contributed by atoms with Crippen LogP contribution in [0.4, 0.5) is 11.5 Å². The molecule has 0 atom stereocenters. The molecule has 0 saturated heterocycles. The lowest BCUT2D eigenvalue weighted by Gasteiger charge is -2.16. The maximum atomic E-state index is 11.2. The minimum atomic E-state index is -0.324. The molecule has 0 unspecified atom stereocenters. The Morgan fingerprint density at radius 1 is 1.33 bits per heavy atom. The zero-order valence-electron chi connectivity index (χ0n) is 13.2. The number of anilines is 1. The highest BCUT2D eigenvalue weighted by molar-refractivity contribution is 5.90. The molecule has 21 heavy (non-hydrogen) atoms. The molecular formula is C16H21N3O2. The fourth-order valence-electron chi connectivity index (χ4n) is 2.57. The average molecular weight is 287 g/mol. The van der Waals surface area contributed by atoms with E-state index in [-0.39, 0.29) is 10.6 Å². The highest BCUT2D eigenvalue weighted by Gasteiger charge is 2.19. The SMILES string of the molecule is CCNc1nc2c(C)cc([N+](=O)[O-])c(C)c2cc1C(C)C. The maximum Gasteiger partial charge on any atom is 0.273 e. The number of aromatic nitrogens is 1. The van der Waals surface area contributed by atoms with Gasteiger partial charge < -0.3 is 5.32 Å². The minimum Gasteiger partial charge on any atom is -0.370 e. The number of fused-ring (bicyclic) bond motifs is 1. The number of hydrogen-bond acceptors (Lipinski definition) is 4. The van der Waals surface area contributed by atoms with Crippen LogP contribution in [-0.2, 0) is 0 Å². The first kappa shape index (κ1) is 15.2. The zero-order chi connectivity index (χ0) is 15.7. The van der Waals surface area contributed by atoms with Gasteiger partial charge in [0.2, 0.25) is 0 Å². The Labute approximate surface area is 124 Å². The van der Waals surface area contributed by atoms with E-state index in [1.54, 1.807) is 13.0 Å². The molecule has 0 amide bonds. The molecule has 0 saturated carbocycles. The van der Waals surface area contributed by atoms with Crippen LogP contribution in [0.1, 0.15) is 43.4 Å². The molecule has 0 spiro atoms. The molecule has 1 aromatic carbocycles. The third-order valence-corrected chi connectivity index (χ3v) is 3.73. The molecule has 0 aliphatic carbocycles. The summed E-state index contributed by atoms with van der Waals surface area (Å²) in [5, 5.41) is 15.3. The maximum absolute atomic E-state index is 11.2. The molecule has 1 aromatic heterocycles. The molecular weight excluding hydrogens is 266 g/mol. The van der Waals surface area contributed by atoms with Gasteiger partial charge in [-0.2, -0.15) is 0 Å². The van der Waals surface area contributed by atoms with Gasteiger partial charge >= 0.3 is 0 Å². The first-order valence-corrected chi connectivity index (χ1v) is 7.19. The second-order valence-electron chi connectivity index (χ2n) is 5.60. The molecule has 0 fully saturated rings. The van der Waals surface area contributed by atoms with Crippen molar-refractivity contribution in [1.29, 1.82) is 0 Å². The summed E-state index contributed by atoms with van der Waals surface area (Å²) < 4.78 is 0. The van der Waals surface area contributed by atoms with Crippen molar-refractivity contribution < 1.29 is 4.92 Å². The number of rotatable bonds is 4. The summed E-state index contributed by atoms with van der Waals surface area (Å²) >= 11 is 0. The average Bonchev–Trinajstić information content (AvgIpc) is 2.42. The van der Waals surface area contributed by atoms with E-state index in [2.05, 4.69) is 19.2 Å². The highest BCUT2D eigenvalue weighted by atomic mass is 16.6. The van der Waals surface area contributed by atoms with Gasteiger partial charge in [-0.05, 0) is 43.9 Å². The van der Waals surface area contributed by atoms with Crippen molar-refractivity contribution in [1.82, 2.24) is 4.98 Å². The number of nitro benzene ring substituents is 1. The van der Waals surface area contributed by atoms with Gasteiger partial charge in [0.05, 0.1) is 10.4 Å². The molecule has 1 N–H and O–H groups in total. The van der Waals surface area contributed by atoms with Gasteiger partial charge in [-0.15, -0.1) is 0 Å². The van der Waals surface area contributed by atoms with Crippen molar-refractivity contribution in [2.75, 3.05) is 11.9 Å². The van der Waals surface area contributed by atoms with Gasteiger partial charge in [0.1, 0.15) is 5.82 Å². The summed E-state index contributed by atoms with van der Waals surface area (Å²) in [5.74, 6) is 1.17. The number of benzene rings is 1. The molecule has 5 heteroatoms. The Hall–Kier alpha value is -2.17. The normalized spacial score (nSPS) is 11.1. The first-order chi connectivity index (χ1) is 9.86. The van der Waals surface area contributed by atoms with Gasteiger partial charge in [0, 0.05) is 23.6 Å². The lowest BCUT2D eigenvalue weighted by Crippen LogP contribution is -2.06. The number of aryl methyl sites for hydroxylation is 2. The largest absolute Gasteiger partial charge is 0.370 e. The van der Waals surface area contributed by atoms with E-state index in [0.717, 1.165) is 34.4 Å². The van der Waals surface area contributed by atoms with Crippen LogP contribution in [0.15, 0.2) is 12.1 Å². The fourth-order valence-corrected chi connectivity index (χ4v) is 2.57. The summed E-state index contributed by atoms with van der Waals surface area (Å²) in [7, 11) is 0. The van der Waals surface area contributed by atoms with E-state index < -0.39 is 0 Å². The van der Waals surface area contributed by atoms with Crippen molar-refractivity contribution in [2.24, 2.45) is 0 Å². The van der Waals surface area contributed by atoms with Crippen LogP contribution in [0.2, 0.25) is 0 Å². The van der Waals surface area contributed by atoms with E-state index in [9.17, 15) is 10.1 Å². The molecule has 0 bridgehead atoms. The monoisotopic (exact) mass is 287 g/mol. The molecule has 2 aromatic rings. The van der Waals surface area contributed by atoms with Crippen molar-refractivity contribution >= 4 is 22.4 Å². The van der Waals surface area contributed by atoms with Crippen molar-refractivity contribution in [3.05, 3.63) is 38.9 Å². The summed E-state index contributed by atoms with van der Waals surface area (Å²) in [5.41, 5.74) is 3.59. The quantitative estimate of drug-likeness (QED) is 0.672. The molecule has 0 aliphatic rings. The first-order valence-electron chi connectivity index (χ1n) is 7.19. The van der Waals surface area contributed by atoms with Crippen molar-refractivity contribution in [3.63, 3.8) is 0 Å². The van der Waals surface area contributed by atoms with Gasteiger partial charge in [0.25, 0.3) is 5.69 Å². The Kier molecular flexibility index (Phi) is 4.11. The zero-order valence-corrected chi connectivity index (χ0v) is 13.2. The molecule has 0 aliphatic heterocycles. The van der Waals surface area contributed by atoms with Gasteiger partial charge in [-0.1, -0.05) is 13.8 Å². The Bertz CT molecular complexity index is 708. The lowest BCUT2D eigenvalue weighted by molar-refractivity contribution is -0.385. The number of hydrogen-bond donors (Lipinski definition) is 1. The van der Waals surface area contributed by atoms with Crippen LogP contribution in [-0.4, -0.2) is 16.5 Å². The third kappa shape index (κ3) is 2.68. The van der Waals surface area contributed by atoms with E-state index in [1.165, 1.54) is 0 Å². The van der Waals surface area contributed by atoms with E-state index in [1.807, 2.05) is 19.9 Å². The van der Waals surface area contributed by atoms with Crippen molar-refractivity contribution in [3.8, 4) is 0 Å². The van der Waals surface area contributed by atoms with Crippen LogP contribution in [0.5, 0.6) is 0 Å². The topological polar surface area (TPSA) is 68.1 Å². The number of nitrogens with one attached hydrogen (secondary N) is 1. The summed E-state index contributed by atoms with van der Waals surface area (Å²) in [6.45, 7) is 10.7. The Morgan fingerprint density at radius 3 is 2.52 bits per heavy atom. The summed E-state index contributed by atoms with van der Waals surface area (Å²) in [4.78, 5) is 15.6. The van der Waals surface area contributed by atoms with Gasteiger partial charge in [-0.25, -0.2) is 4.98 Å². The molecule has 5 nitrogen and oxygen atoms in total. The predicted molar refractivity (Wildman–Crippen MR) is 86.1 cm³/mol. The standard InChI is InChI=1S/C16H21N3O2/c1-6-17-16-12(9(2)3)8-13-11(5)14(19(20)21)7-10(4)15(13)18-16/h7-9H,6H2,1-5H3,(H,17,18). The summed E-state index contributed by atoms with van der Waals surface area (Å²) in [6, 6.07) is 3.65. The molecule has 1 heterocycles. The number of nitro groups is 1. The Morgan fingerprint density at radius 2 is 2.00 bits per heavy atom. The second-order valence-corrected chi connectivity index (χ2v) is 5.60. The van der Waals surface area contributed by atoms with E-state index in [0.29, 0.717) is 11.5 Å². The third-order valence-electron chi connectivity index (χ3n) is 3.73. The van der Waals surface area contributed by atoms with Crippen LogP contribution < -0.4 is 5.32 Å². The summed E-state index contributed by atoms with van der Waals surface area (Å²) in [6.07, 6.45) is 0. The van der Waals surface area contributed by atoms with Gasteiger partial charge in [0.15, 0.2) is 0 Å². The fraction of sp³-hybridized carbons (Fsp3) is 0.438. The van der Waals surface area contributed by atoms with Crippen LogP contribution in [0.25, 0.3) is 10.9 Å². The minimum absolute atomic E-state index is 0.160. The van der Waals surface area contributed by atoms with Gasteiger partial charge in [-0.3, -0.25) is 10.1 Å². The molecule has 2 rings (SSSR count). The lowest BCUT2D eigenvalue weighted by atomic mass is 9.97. The number of pyridine rings is 1. The van der Waals surface area contributed by atoms with E-state index in [4.69, 9.17) is 4.98 Å². The van der Waals surface area contributed by atoms with E-state index >= 15 is 0 Å². The van der Waals surface area contributed by atoms with Crippen molar-refractivity contribution in [2.45, 2.75) is 40.5 Å².